The summed E-state index contributed by atoms with van der Waals surface area (Å²) < 4.78 is 2.60. The first kappa shape index (κ1) is 11.7. The van der Waals surface area contributed by atoms with Gasteiger partial charge in [-0.2, -0.15) is 4.68 Å². The number of halogens is 2. The first-order chi connectivity index (χ1) is 7.59. The molecule has 0 aliphatic heterocycles. The highest BCUT2D eigenvalue weighted by molar-refractivity contribution is 14.1. The lowest BCUT2D eigenvalue weighted by Crippen LogP contribution is -2.14. The Kier molecular flexibility index (Phi) is 3.41. The lowest BCUT2D eigenvalue weighted by molar-refractivity contribution is 0.687. The average Bonchev–Trinajstić information content (AvgIpc) is 2.66. The molecule has 1 aromatic carbocycles. The molecule has 0 aliphatic carbocycles. The van der Waals surface area contributed by atoms with Gasteiger partial charge in [-0.25, -0.2) is 0 Å². The Bertz CT molecular complexity index is 510. The van der Waals surface area contributed by atoms with Crippen LogP contribution in [0.15, 0.2) is 18.2 Å². The van der Waals surface area contributed by atoms with Crippen LogP contribution in [0.1, 0.15) is 18.8 Å². The highest BCUT2D eigenvalue weighted by Crippen LogP contribution is 2.22. The van der Waals surface area contributed by atoms with Crippen molar-refractivity contribution in [1.29, 1.82) is 0 Å². The van der Waals surface area contributed by atoms with Crippen LogP contribution in [0.5, 0.6) is 0 Å². The van der Waals surface area contributed by atoms with Gasteiger partial charge in [0.25, 0.3) is 0 Å². The fourth-order valence-electron chi connectivity index (χ4n) is 1.30. The lowest BCUT2D eigenvalue weighted by atomic mass is 10.3. The average molecular weight is 350 g/mol. The van der Waals surface area contributed by atoms with Crippen molar-refractivity contribution < 1.29 is 0 Å². The summed E-state index contributed by atoms with van der Waals surface area (Å²) in [7, 11) is 0. The van der Waals surface area contributed by atoms with Gasteiger partial charge in [0.05, 0.1) is 11.7 Å². The number of benzene rings is 1. The molecule has 0 radical (unpaired) electrons. The van der Waals surface area contributed by atoms with E-state index in [9.17, 15) is 0 Å². The molecule has 0 saturated heterocycles. The molecule has 16 heavy (non-hydrogen) atoms. The van der Waals surface area contributed by atoms with Gasteiger partial charge in [0.1, 0.15) is 0 Å². The topological polar surface area (TPSA) is 69.6 Å². The number of aromatic nitrogens is 4. The summed E-state index contributed by atoms with van der Waals surface area (Å²) >= 11 is 8.08. The predicted molar refractivity (Wildman–Crippen MR) is 69.5 cm³/mol. The lowest BCUT2D eigenvalue weighted by Gasteiger charge is -2.08. The molecule has 5 nitrogen and oxygen atoms in total. The Morgan fingerprint density at radius 2 is 2.25 bits per heavy atom. The van der Waals surface area contributed by atoms with Crippen molar-refractivity contribution in [2.75, 3.05) is 0 Å². The quantitative estimate of drug-likeness (QED) is 0.841. The van der Waals surface area contributed by atoms with Gasteiger partial charge >= 0.3 is 0 Å². The standard InChI is InChI=1S/C9H9ClIN5/c1-5(12)9-13-14-15-16(9)8-3-2-6(10)4-7(8)11/h2-5H,12H2,1H3. The smallest absolute Gasteiger partial charge is 0.173 e. The molecule has 1 heterocycles. The third-order valence-corrected chi connectivity index (χ3v) is 3.14. The fourth-order valence-corrected chi connectivity index (χ4v) is 2.40. The van der Waals surface area contributed by atoms with E-state index in [2.05, 4.69) is 38.1 Å². The van der Waals surface area contributed by atoms with E-state index < -0.39 is 0 Å². The van der Waals surface area contributed by atoms with Crippen LogP contribution in [0.3, 0.4) is 0 Å². The third-order valence-electron chi connectivity index (χ3n) is 2.04. The van der Waals surface area contributed by atoms with Gasteiger partial charge in [0, 0.05) is 8.59 Å². The zero-order valence-corrected chi connectivity index (χ0v) is 11.3. The van der Waals surface area contributed by atoms with Crippen molar-refractivity contribution in [1.82, 2.24) is 20.2 Å². The maximum absolute atomic E-state index is 5.89. The Balaban J connectivity index is 2.54. The summed E-state index contributed by atoms with van der Waals surface area (Å²) in [6.07, 6.45) is 0. The molecule has 2 rings (SSSR count). The summed E-state index contributed by atoms with van der Waals surface area (Å²) in [6, 6.07) is 5.30. The summed E-state index contributed by atoms with van der Waals surface area (Å²) in [6.45, 7) is 1.84. The van der Waals surface area contributed by atoms with Gasteiger partial charge in [0.15, 0.2) is 5.82 Å². The first-order valence-corrected chi connectivity index (χ1v) is 6.04. The zero-order valence-electron chi connectivity index (χ0n) is 8.43. The largest absolute Gasteiger partial charge is 0.321 e. The number of rotatable bonds is 2. The van der Waals surface area contributed by atoms with Crippen LogP contribution in [-0.4, -0.2) is 20.2 Å². The number of hydrogen-bond donors (Lipinski definition) is 1. The number of tetrazole rings is 1. The van der Waals surface area contributed by atoms with Crippen molar-refractivity contribution >= 4 is 34.2 Å². The molecule has 0 saturated carbocycles. The molecule has 0 fully saturated rings. The van der Waals surface area contributed by atoms with Crippen molar-refractivity contribution in [3.63, 3.8) is 0 Å². The predicted octanol–water partition coefficient (Wildman–Crippen LogP) is 1.94. The second-order valence-corrected chi connectivity index (χ2v) is 4.93. The van der Waals surface area contributed by atoms with E-state index in [0.717, 1.165) is 9.26 Å². The second-order valence-electron chi connectivity index (χ2n) is 3.33. The summed E-state index contributed by atoms with van der Waals surface area (Å²) in [5.74, 6) is 0.625. The molecule has 7 heteroatoms. The molecule has 0 bridgehead atoms. The molecule has 0 aliphatic rings. The molecule has 0 amide bonds. The molecule has 0 spiro atoms. The van der Waals surface area contributed by atoms with Crippen molar-refractivity contribution in [2.24, 2.45) is 5.73 Å². The van der Waals surface area contributed by atoms with Crippen molar-refractivity contribution in [2.45, 2.75) is 13.0 Å². The number of hydrogen-bond acceptors (Lipinski definition) is 4. The highest BCUT2D eigenvalue weighted by Gasteiger charge is 2.14. The van der Waals surface area contributed by atoms with Crippen LogP contribution in [0, 0.1) is 3.57 Å². The van der Waals surface area contributed by atoms with Crippen LogP contribution in [0.25, 0.3) is 5.69 Å². The zero-order chi connectivity index (χ0) is 11.7. The minimum atomic E-state index is -0.221. The Hall–Kier alpha value is -0.730. The van der Waals surface area contributed by atoms with Crippen molar-refractivity contribution in [3.05, 3.63) is 32.6 Å². The molecule has 84 valence electrons. The minimum Gasteiger partial charge on any atom is -0.321 e. The summed E-state index contributed by atoms with van der Waals surface area (Å²) in [4.78, 5) is 0. The van der Waals surface area contributed by atoms with Crippen LogP contribution in [0.2, 0.25) is 5.02 Å². The fraction of sp³-hybridized carbons (Fsp3) is 0.222. The van der Waals surface area contributed by atoms with E-state index in [0.29, 0.717) is 10.8 Å². The van der Waals surface area contributed by atoms with Gasteiger partial charge in [-0.1, -0.05) is 11.6 Å². The molecule has 1 unspecified atom stereocenters. The van der Waals surface area contributed by atoms with E-state index in [4.69, 9.17) is 17.3 Å². The van der Waals surface area contributed by atoms with E-state index in [1.807, 2.05) is 19.1 Å². The van der Waals surface area contributed by atoms with Crippen LogP contribution >= 0.6 is 34.2 Å². The Morgan fingerprint density at radius 3 is 2.88 bits per heavy atom. The monoisotopic (exact) mass is 349 g/mol. The third kappa shape index (κ3) is 2.18. The van der Waals surface area contributed by atoms with E-state index in [1.165, 1.54) is 0 Å². The van der Waals surface area contributed by atoms with Gasteiger partial charge in [0.2, 0.25) is 0 Å². The summed E-state index contributed by atoms with van der Waals surface area (Å²) in [5, 5.41) is 12.1. The second kappa shape index (κ2) is 4.64. The van der Waals surface area contributed by atoms with Gasteiger partial charge in [-0.3, -0.25) is 0 Å². The van der Waals surface area contributed by atoms with Crippen LogP contribution in [0.4, 0.5) is 0 Å². The molecule has 2 aromatic rings. The minimum absolute atomic E-state index is 0.221. The maximum Gasteiger partial charge on any atom is 0.173 e. The molecule has 2 N–H and O–H groups in total. The van der Waals surface area contributed by atoms with Crippen LogP contribution in [-0.2, 0) is 0 Å². The first-order valence-electron chi connectivity index (χ1n) is 4.59. The van der Waals surface area contributed by atoms with Crippen LogP contribution < -0.4 is 5.73 Å². The van der Waals surface area contributed by atoms with Gasteiger partial charge in [-0.15, -0.1) is 5.10 Å². The normalized spacial score (nSPS) is 12.8. The van der Waals surface area contributed by atoms with Gasteiger partial charge < -0.3 is 5.73 Å². The Labute approximate surface area is 111 Å². The molecule has 1 aromatic heterocycles. The highest BCUT2D eigenvalue weighted by atomic mass is 127. The van der Waals surface area contributed by atoms with E-state index in [-0.39, 0.29) is 6.04 Å². The maximum atomic E-state index is 5.89. The molecule has 1 atom stereocenters. The number of nitrogens with zero attached hydrogens (tertiary/aromatic N) is 4. The SMILES string of the molecule is CC(N)c1nnnn1-c1ccc(Cl)cc1I. The summed E-state index contributed by atoms with van der Waals surface area (Å²) in [5.41, 5.74) is 6.66. The van der Waals surface area contributed by atoms with Crippen molar-refractivity contribution in [3.8, 4) is 5.69 Å². The van der Waals surface area contributed by atoms with E-state index >= 15 is 0 Å². The Morgan fingerprint density at radius 1 is 1.50 bits per heavy atom. The molecular weight excluding hydrogens is 340 g/mol. The van der Waals surface area contributed by atoms with E-state index in [1.54, 1.807) is 10.7 Å². The number of nitrogens with two attached hydrogens (primary N) is 1. The van der Waals surface area contributed by atoms with Gasteiger partial charge in [-0.05, 0) is 58.1 Å². The molecular formula is C9H9ClIN5.